The van der Waals surface area contributed by atoms with Crippen molar-refractivity contribution in [1.82, 2.24) is 20.3 Å². The smallest absolute Gasteiger partial charge is 0.192 e. The zero-order valence-electron chi connectivity index (χ0n) is 21.3. The van der Waals surface area contributed by atoms with Gasteiger partial charge in [0.15, 0.2) is 18.3 Å². The van der Waals surface area contributed by atoms with Crippen molar-refractivity contribution < 1.29 is 13.9 Å². The summed E-state index contributed by atoms with van der Waals surface area (Å²) in [6.45, 7) is 12.5. The number of nitrogens with zero attached hydrogens (tertiary/aromatic N) is 4. The molecule has 184 valence electrons. The molecular formula is C27H33N5O3. The van der Waals surface area contributed by atoms with Crippen LogP contribution in [0.25, 0.3) is 33.3 Å². The molecule has 1 aliphatic rings. The van der Waals surface area contributed by atoms with Gasteiger partial charge in [-0.2, -0.15) is 0 Å². The minimum Gasteiger partial charge on any atom is -0.466 e. The second-order valence-corrected chi connectivity index (χ2v) is 10.3. The van der Waals surface area contributed by atoms with E-state index in [9.17, 15) is 0 Å². The monoisotopic (exact) mass is 475 g/mol. The number of aromatic nitrogens is 3. The van der Waals surface area contributed by atoms with Gasteiger partial charge in [0.2, 0.25) is 0 Å². The van der Waals surface area contributed by atoms with Crippen molar-refractivity contribution in [2.24, 2.45) is 0 Å². The highest BCUT2D eigenvalue weighted by molar-refractivity contribution is 5.90. The van der Waals surface area contributed by atoms with Crippen LogP contribution in [0.2, 0.25) is 0 Å². The average molecular weight is 476 g/mol. The number of ether oxygens (including phenoxy) is 2. The molecule has 8 heteroatoms. The Bertz CT molecular complexity index is 1380. The van der Waals surface area contributed by atoms with Gasteiger partial charge in [-0.3, -0.25) is 0 Å². The van der Waals surface area contributed by atoms with Crippen molar-refractivity contribution in [2.75, 3.05) is 31.9 Å². The Hall–Kier alpha value is -3.23. The summed E-state index contributed by atoms with van der Waals surface area (Å²) in [4.78, 5) is 16.5. The SMILES string of the molecule is COCOc1c(-c2ccc3cc(N4CCC(NC(C)(C)C)C4)ncc3n2)cc2oc(C)nc2c1C. The molecule has 1 unspecified atom stereocenters. The van der Waals surface area contributed by atoms with Crippen molar-refractivity contribution in [3.8, 4) is 17.0 Å². The van der Waals surface area contributed by atoms with Crippen LogP contribution in [0, 0.1) is 13.8 Å². The van der Waals surface area contributed by atoms with Crippen LogP contribution in [0.15, 0.2) is 34.9 Å². The molecule has 1 fully saturated rings. The summed E-state index contributed by atoms with van der Waals surface area (Å²) in [5, 5.41) is 4.76. The molecule has 35 heavy (non-hydrogen) atoms. The van der Waals surface area contributed by atoms with Crippen LogP contribution in [0.1, 0.15) is 38.6 Å². The van der Waals surface area contributed by atoms with Crippen LogP contribution in [-0.4, -0.2) is 53.5 Å². The van der Waals surface area contributed by atoms with Crippen molar-refractivity contribution >= 4 is 27.8 Å². The first kappa shape index (κ1) is 23.5. The first-order valence-electron chi connectivity index (χ1n) is 12.0. The summed E-state index contributed by atoms with van der Waals surface area (Å²) in [7, 11) is 1.60. The molecule has 0 saturated carbocycles. The highest BCUT2D eigenvalue weighted by Gasteiger charge is 2.27. The molecule has 3 aromatic heterocycles. The average Bonchev–Trinajstić information content (AvgIpc) is 3.42. The number of anilines is 1. The minimum atomic E-state index is 0.107. The molecule has 1 N–H and O–H groups in total. The maximum Gasteiger partial charge on any atom is 0.192 e. The van der Waals surface area contributed by atoms with Gasteiger partial charge < -0.3 is 24.1 Å². The zero-order valence-corrected chi connectivity index (χ0v) is 21.3. The molecule has 0 amide bonds. The molecule has 0 bridgehead atoms. The van der Waals surface area contributed by atoms with E-state index in [1.54, 1.807) is 7.11 Å². The number of methoxy groups -OCH3 is 1. The molecule has 1 aliphatic heterocycles. The molecule has 4 heterocycles. The molecule has 1 saturated heterocycles. The van der Waals surface area contributed by atoms with Gasteiger partial charge in [0.05, 0.1) is 17.4 Å². The van der Waals surface area contributed by atoms with E-state index in [4.69, 9.17) is 23.9 Å². The third kappa shape index (κ3) is 4.81. The van der Waals surface area contributed by atoms with Crippen LogP contribution in [-0.2, 0) is 4.74 Å². The summed E-state index contributed by atoms with van der Waals surface area (Å²) < 4.78 is 17.0. The number of benzene rings is 1. The normalized spacial score (nSPS) is 16.5. The van der Waals surface area contributed by atoms with Crippen molar-refractivity contribution in [1.29, 1.82) is 0 Å². The second-order valence-electron chi connectivity index (χ2n) is 10.3. The Morgan fingerprint density at radius 2 is 2.00 bits per heavy atom. The van der Waals surface area contributed by atoms with E-state index in [2.05, 4.69) is 48.1 Å². The standard InChI is InChI=1S/C27H33N5O3/c1-16-25-23(35-17(2)29-25)12-20(26(16)34-15-33-6)21-8-7-18-11-24(28-13-22(18)30-21)32-10-9-19(14-32)31-27(3,4)5/h7-8,11-13,19,31H,9-10,14-15H2,1-6H3. The Morgan fingerprint density at radius 3 is 2.77 bits per heavy atom. The third-order valence-corrected chi connectivity index (χ3v) is 6.28. The van der Waals surface area contributed by atoms with E-state index in [-0.39, 0.29) is 12.3 Å². The number of nitrogens with one attached hydrogen (secondary N) is 1. The third-order valence-electron chi connectivity index (χ3n) is 6.28. The van der Waals surface area contributed by atoms with Crippen LogP contribution < -0.4 is 15.0 Å². The van der Waals surface area contributed by atoms with E-state index in [1.807, 2.05) is 32.2 Å². The molecule has 0 spiro atoms. The predicted molar refractivity (Wildman–Crippen MR) is 138 cm³/mol. The molecule has 1 atom stereocenters. The lowest BCUT2D eigenvalue weighted by atomic mass is 10.0. The Labute approximate surface area is 205 Å². The van der Waals surface area contributed by atoms with E-state index in [1.165, 1.54) is 0 Å². The highest BCUT2D eigenvalue weighted by atomic mass is 16.7. The summed E-state index contributed by atoms with van der Waals surface area (Å²) >= 11 is 0. The lowest BCUT2D eigenvalue weighted by Gasteiger charge is -2.26. The van der Waals surface area contributed by atoms with Crippen molar-refractivity contribution in [3.05, 3.63) is 41.9 Å². The van der Waals surface area contributed by atoms with E-state index >= 15 is 0 Å². The Balaban J connectivity index is 1.48. The predicted octanol–water partition coefficient (Wildman–Crippen LogP) is 5.00. The fraction of sp³-hybridized carbons (Fsp3) is 0.444. The van der Waals surface area contributed by atoms with Crippen LogP contribution in [0.3, 0.4) is 0 Å². The number of fused-ring (bicyclic) bond motifs is 2. The minimum absolute atomic E-state index is 0.107. The van der Waals surface area contributed by atoms with Gasteiger partial charge in [0, 0.05) is 55.2 Å². The summed E-state index contributed by atoms with van der Waals surface area (Å²) in [6, 6.07) is 8.65. The van der Waals surface area contributed by atoms with Crippen molar-refractivity contribution in [3.63, 3.8) is 0 Å². The summed E-state index contributed by atoms with van der Waals surface area (Å²) in [5.41, 5.74) is 4.96. The second kappa shape index (κ2) is 9.09. The molecule has 0 aliphatic carbocycles. The molecule has 5 rings (SSSR count). The molecule has 0 radical (unpaired) electrons. The van der Waals surface area contributed by atoms with Gasteiger partial charge in [-0.15, -0.1) is 0 Å². The first-order chi connectivity index (χ1) is 16.7. The van der Waals surface area contributed by atoms with Gasteiger partial charge in [-0.05, 0) is 52.3 Å². The fourth-order valence-corrected chi connectivity index (χ4v) is 4.85. The van der Waals surface area contributed by atoms with Gasteiger partial charge in [-0.1, -0.05) is 6.07 Å². The molecular weight excluding hydrogens is 442 g/mol. The van der Waals surface area contributed by atoms with Gasteiger partial charge >= 0.3 is 0 Å². The van der Waals surface area contributed by atoms with Crippen molar-refractivity contribution in [2.45, 2.75) is 52.6 Å². The number of hydrogen-bond donors (Lipinski definition) is 1. The Kier molecular flexibility index (Phi) is 6.11. The van der Waals surface area contributed by atoms with Crippen LogP contribution in [0.4, 0.5) is 5.82 Å². The lowest BCUT2D eigenvalue weighted by Crippen LogP contribution is -2.44. The molecule has 1 aromatic carbocycles. The van der Waals surface area contributed by atoms with E-state index < -0.39 is 0 Å². The van der Waals surface area contributed by atoms with Crippen LogP contribution >= 0.6 is 0 Å². The number of pyridine rings is 2. The number of aryl methyl sites for hydroxylation is 2. The maximum absolute atomic E-state index is 5.96. The largest absolute Gasteiger partial charge is 0.466 e. The fourth-order valence-electron chi connectivity index (χ4n) is 4.85. The molecule has 8 nitrogen and oxygen atoms in total. The number of hydrogen-bond acceptors (Lipinski definition) is 8. The van der Waals surface area contributed by atoms with Gasteiger partial charge in [0.1, 0.15) is 17.1 Å². The number of rotatable bonds is 6. The van der Waals surface area contributed by atoms with Crippen LogP contribution in [0.5, 0.6) is 5.75 Å². The van der Waals surface area contributed by atoms with Gasteiger partial charge in [-0.25, -0.2) is 15.0 Å². The summed E-state index contributed by atoms with van der Waals surface area (Å²) in [6.07, 6.45) is 2.97. The molecule has 4 aromatic rings. The first-order valence-corrected chi connectivity index (χ1v) is 12.0. The maximum atomic E-state index is 5.96. The highest BCUT2D eigenvalue weighted by Crippen LogP contribution is 2.38. The quantitative estimate of drug-likeness (QED) is 0.390. The number of oxazole rings is 1. The lowest BCUT2D eigenvalue weighted by molar-refractivity contribution is 0.0511. The van der Waals surface area contributed by atoms with Gasteiger partial charge in [0.25, 0.3) is 0 Å². The summed E-state index contributed by atoms with van der Waals surface area (Å²) in [5.74, 6) is 2.30. The zero-order chi connectivity index (χ0) is 24.7. The Morgan fingerprint density at radius 1 is 1.17 bits per heavy atom. The topological polar surface area (TPSA) is 85.5 Å². The van der Waals surface area contributed by atoms with E-state index in [0.29, 0.717) is 23.3 Å². The van der Waals surface area contributed by atoms with E-state index in [0.717, 1.165) is 58.6 Å².